The molecule has 1 aromatic rings. The van der Waals surface area contributed by atoms with E-state index in [4.69, 9.17) is 5.73 Å². The monoisotopic (exact) mass is 247 g/mol. The number of piperidine rings is 1. The lowest BCUT2D eigenvalue weighted by Gasteiger charge is -2.25. The second kappa shape index (κ2) is 6.40. The Hall–Kier alpha value is -1.55. The van der Waals surface area contributed by atoms with Crippen molar-refractivity contribution in [2.75, 3.05) is 30.7 Å². The zero-order valence-corrected chi connectivity index (χ0v) is 10.7. The van der Waals surface area contributed by atoms with E-state index >= 15 is 0 Å². The Kier molecular flexibility index (Phi) is 4.59. The SMILES string of the molecule is Nc1ccccc1NC(=O)CCN1CCCCC1. The van der Waals surface area contributed by atoms with Crippen LogP contribution in [0.1, 0.15) is 25.7 Å². The number of hydrogen-bond donors (Lipinski definition) is 2. The minimum absolute atomic E-state index is 0.0403. The molecule has 18 heavy (non-hydrogen) atoms. The zero-order valence-electron chi connectivity index (χ0n) is 10.7. The van der Waals surface area contributed by atoms with E-state index < -0.39 is 0 Å². The standard InChI is InChI=1S/C14H21N3O/c15-12-6-2-3-7-13(12)16-14(18)8-11-17-9-4-1-5-10-17/h2-3,6-7H,1,4-5,8-11,15H2,(H,16,18). The number of carbonyl (C=O) groups excluding carboxylic acids is 1. The van der Waals surface area contributed by atoms with Gasteiger partial charge in [-0.2, -0.15) is 0 Å². The van der Waals surface area contributed by atoms with Gasteiger partial charge in [-0.05, 0) is 38.1 Å². The molecule has 2 rings (SSSR count). The minimum Gasteiger partial charge on any atom is -0.397 e. The number of hydrogen-bond acceptors (Lipinski definition) is 3. The third kappa shape index (κ3) is 3.74. The van der Waals surface area contributed by atoms with Crippen LogP contribution in [0.3, 0.4) is 0 Å². The molecule has 0 saturated carbocycles. The fraction of sp³-hybridized carbons (Fsp3) is 0.500. The Morgan fingerprint density at radius 2 is 1.94 bits per heavy atom. The van der Waals surface area contributed by atoms with E-state index in [1.54, 1.807) is 6.07 Å². The van der Waals surface area contributed by atoms with Crippen LogP contribution in [0.4, 0.5) is 11.4 Å². The third-order valence-electron chi connectivity index (χ3n) is 3.34. The zero-order chi connectivity index (χ0) is 12.8. The van der Waals surface area contributed by atoms with Gasteiger partial charge in [-0.1, -0.05) is 18.6 Å². The second-order valence-corrected chi connectivity index (χ2v) is 4.79. The average Bonchev–Trinajstić information content (AvgIpc) is 2.40. The van der Waals surface area contributed by atoms with Gasteiger partial charge < -0.3 is 16.0 Å². The summed E-state index contributed by atoms with van der Waals surface area (Å²) in [7, 11) is 0. The molecule has 0 atom stereocenters. The number of amides is 1. The fourth-order valence-corrected chi connectivity index (χ4v) is 2.27. The number of benzene rings is 1. The fourth-order valence-electron chi connectivity index (χ4n) is 2.27. The molecule has 0 aliphatic carbocycles. The summed E-state index contributed by atoms with van der Waals surface area (Å²) >= 11 is 0. The van der Waals surface area contributed by atoms with Crippen molar-refractivity contribution in [3.05, 3.63) is 24.3 Å². The van der Waals surface area contributed by atoms with Crippen LogP contribution in [-0.2, 0) is 4.79 Å². The first kappa shape index (κ1) is 12.9. The quantitative estimate of drug-likeness (QED) is 0.801. The van der Waals surface area contributed by atoms with Crippen LogP contribution in [0.25, 0.3) is 0 Å². The van der Waals surface area contributed by atoms with E-state index in [1.807, 2.05) is 18.2 Å². The van der Waals surface area contributed by atoms with Crippen molar-refractivity contribution in [2.45, 2.75) is 25.7 Å². The van der Waals surface area contributed by atoms with E-state index in [0.29, 0.717) is 17.8 Å². The van der Waals surface area contributed by atoms with Crippen LogP contribution in [0.5, 0.6) is 0 Å². The summed E-state index contributed by atoms with van der Waals surface area (Å²) in [4.78, 5) is 14.2. The number of rotatable bonds is 4. The van der Waals surface area contributed by atoms with Crippen LogP contribution >= 0.6 is 0 Å². The summed E-state index contributed by atoms with van der Waals surface area (Å²) in [5, 5.41) is 2.86. The molecule has 1 amide bonds. The second-order valence-electron chi connectivity index (χ2n) is 4.79. The van der Waals surface area contributed by atoms with Gasteiger partial charge in [-0.3, -0.25) is 4.79 Å². The summed E-state index contributed by atoms with van der Waals surface area (Å²) in [5.74, 6) is 0.0403. The van der Waals surface area contributed by atoms with Crippen molar-refractivity contribution in [3.63, 3.8) is 0 Å². The molecule has 1 aromatic carbocycles. The predicted molar refractivity (Wildman–Crippen MR) is 74.4 cm³/mol. The lowest BCUT2D eigenvalue weighted by Crippen LogP contribution is -2.32. The number of nitrogen functional groups attached to an aromatic ring is 1. The molecule has 0 spiro atoms. The van der Waals surface area contributed by atoms with Crippen molar-refractivity contribution >= 4 is 17.3 Å². The number of para-hydroxylation sites is 2. The molecule has 0 aromatic heterocycles. The van der Waals surface area contributed by atoms with Crippen molar-refractivity contribution in [2.24, 2.45) is 0 Å². The Labute approximate surface area is 108 Å². The lowest BCUT2D eigenvalue weighted by molar-refractivity contribution is -0.116. The van der Waals surface area contributed by atoms with Crippen LogP contribution in [0.2, 0.25) is 0 Å². The van der Waals surface area contributed by atoms with Gasteiger partial charge in [-0.15, -0.1) is 0 Å². The van der Waals surface area contributed by atoms with Gasteiger partial charge in [0.05, 0.1) is 11.4 Å². The van der Waals surface area contributed by atoms with E-state index in [9.17, 15) is 4.79 Å². The molecule has 0 radical (unpaired) electrons. The van der Waals surface area contributed by atoms with Gasteiger partial charge in [0.2, 0.25) is 5.91 Å². The van der Waals surface area contributed by atoms with Gasteiger partial charge in [0.1, 0.15) is 0 Å². The highest BCUT2D eigenvalue weighted by molar-refractivity contribution is 5.93. The largest absolute Gasteiger partial charge is 0.397 e. The normalized spacial score (nSPS) is 16.4. The molecule has 1 aliphatic heterocycles. The summed E-state index contributed by atoms with van der Waals surface area (Å²) < 4.78 is 0. The van der Waals surface area contributed by atoms with Crippen LogP contribution < -0.4 is 11.1 Å². The minimum atomic E-state index is 0.0403. The maximum atomic E-state index is 11.8. The first-order chi connectivity index (χ1) is 8.75. The maximum absolute atomic E-state index is 11.8. The Morgan fingerprint density at radius 3 is 2.67 bits per heavy atom. The molecule has 1 aliphatic rings. The van der Waals surface area contributed by atoms with Crippen LogP contribution in [0, 0.1) is 0 Å². The van der Waals surface area contributed by atoms with Crippen LogP contribution in [0.15, 0.2) is 24.3 Å². The van der Waals surface area contributed by atoms with Gasteiger partial charge >= 0.3 is 0 Å². The maximum Gasteiger partial charge on any atom is 0.225 e. The molecular formula is C14H21N3O. The summed E-state index contributed by atoms with van der Waals surface area (Å²) in [5.41, 5.74) is 7.11. The average molecular weight is 247 g/mol. The molecule has 0 unspecified atom stereocenters. The number of nitrogens with zero attached hydrogens (tertiary/aromatic N) is 1. The van der Waals surface area contributed by atoms with Crippen molar-refractivity contribution < 1.29 is 4.79 Å². The van der Waals surface area contributed by atoms with E-state index in [0.717, 1.165) is 19.6 Å². The van der Waals surface area contributed by atoms with Crippen molar-refractivity contribution in [3.8, 4) is 0 Å². The first-order valence-electron chi connectivity index (χ1n) is 6.62. The van der Waals surface area contributed by atoms with E-state index in [-0.39, 0.29) is 5.91 Å². The topological polar surface area (TPSA) is 58.4 Å². The highest BCUT2D eigenvalue weighted by Crippen LogP contribution is 2.17. The molecule has 4 heteroatoms. The van der Waals surface area contributed by atoms with E-state index in [2.05, 4.69) is 10.2 Å². The summed E-state index contributed by atoms with van der Waals surface area (Å²) in [6.45, 7) is 3.10. The number of carbonyl (C=O) groups is 1. The summed E-state index contributed by atoms with van der Waals surface area (Å²) in [6, 6.07) is 7.35. The van der Waals surface area contributed by atoms with Gasteiger partial charge in [0.25, 0.3) is 0 Å². The molecule has 4 nitrogen and oxygen atoms in total. The number of anilines is 2. The number of likely N-dealkylation sites (tertiary alicyclic amines) is 1. The van der Waals surface area contributed by atoms with Crippen LogP contribution in [-0.4, -0.2) is 30.4 Å². The number of nitrogens with two attached hydrogens (primary N) is 1. The molecule has 1 saturated heterocycles. The highest BCUT2D eigenvalue weighted by Gasteiger charge is 2.12. The van der Waals surface area contributed by atoms with Crippen molar-refractivity contribution in [1.82, 2.24) is 4.90 Å². The third-order valence-corrected chi connectivity index (χ3v) is 3.34. The molecule has 1 fully saturated rings. The van der Waals surface area contributed by atoms with E-state index in [1.165, 1.54) is 19.3 Å². The first-order valence-corrected chi connectivity index (χ1v) is 6.62. The number of nitrogens with one attached hydrogen (secondary N) is 1. The smallest absolute Gasteiger partial charge is 0.225 e. The lowest BCUT2D eigenvalue weighted by atomic mass is 10.1. The van der Waals surface area contributed by atoms with Crippen molar-refractivity contribution in [1.29, 1.82) is 0 Å². The molecular weight excluding hydrogens is 226 g/mol. The molecule has 0 bridgehead atoms. The van der Waals surface area contributed by atoms with Gasteiger partial charge in [-0.25, -0.2) is 0 Å². The van der Waals surface area contributed by atoms with Gasteiger partial charge in [0, 0.05) is 13.0 Å². The molecule has 98 valence electrons. The summed E-state index contributed by atoms with van der Waals surface area (Å²) in [6.07, 6.45) is 4.37. The Bertz CT molecular complexity index is 400. The Morgan fingerprint density at radius 1 is 1.22 bits per heavy atom. The predicted octanol–water partition coefficient (Wildman–Crippen LogP) is 2.08. The highest BCUT2D eigenvalue weighted by atomic mass is 16.1. The Balaban J connectivity index is 1.76. The molecule has 1 heterocycles. The van der Waals surface area contributed by atoms with Gasteiger partial charge in [0.15, 0.2) is 0 Å². The molecule has 3 N–H and O–H groups in total.